The molecule has 0 saturated heterocycles. The molecule has 7 heteroatoms. The molecular formula is C20H21FN6. The van der Waals surface area contributed by atoms with Gasteiger partial charge in [0.15, 0.2) is 5.96 Å². The Balaban J connectivity index is 1.94. The maximum absolute atomic E-state index is 13.3. The molecule has 0 saturated carbocycles. The van der Waals surface area contributed by atoms with E-state index in [1.807, 2.05) is 13.0 Å². The minimum atomic E-state index is -0.414. The van der Waals surface area contributed by atoms with E-state index in [-0.39, 0.29) is 11.8 Å². The van der Waals surface area contributed by atoms with E-state index in [1.165, 1.54) is 18.3 Å². The van der Waals surface area contributed by atoms with Crippen LogP contribution in [-0.2, 0) is 0 Å². The summed E-state index contributed by atoms with van der Waals surface area (Å²) in [5.41, 5.74) is 16.6. The van der Waals surface area contributed by atoms with Crippen LogP contribution in [0.1, 0.15) is 24.1 Å². The summed E-state index contributed by atoms with van der Waals surface area (Å²) in [6, 6.07) is 11.0. The van der Waals surface area contributed by atoms with Crippen LogP contribution in [-0.4, -0.2) is 12.2 Å². The Labute approximate surface area is 157 Å². The first-order valence-corrected chi connectivity index (χ1v) is 8.32. The van der Waals surface area contributed by atoms with Crippen LogP contribution in [0.5, 0.6) is 0 Å². The van der Waals surface area contributed by atoms with Crippen LogP contribution in [0.3, 0.4) is 0 Å². The number of nitrogens with zero attached hydrogens (tertiary/aromatic N) is 1. The molecule has 1 heterocycles. The van der Waals surface area contributed by atoms with E-state index >= 15 is 0 Å². The van der Waals surface area contributed by atoms with Crippen molar-refractivity contribution in [1.82, 2.24) is 5.32 Å². The van der Waals surface area contributed by atoms with E-state index < -0.39 is 6.04 Å². The lowest BCUT2D eigenvalue weighted by atomic mass is 9.94. The maximum Gasteiger partial charge on any atom is 0.193 e. The van der Waals surface area contributed by atoms with Crippen molar-refractivity contribution in [1.29, 1.82) is 5.41 Å². The Morgan fingerprint density at radius 2 is 1.96 bits per heavy atom. The number of nitrogens with two attached hydrogens (primary N) is 2. The Hall–Kier alpha value is -3.61. The zero-order valence-corrected chi connectivity index (χ0v) is 14.9. The molecule has 138 valence electrons. The standard InChI is InChI=1S/C20H21FN6/c1-11(25-16-7-8-17(23)14(9-16)10-22)18-12(2)26-20(24)27-19(18)13-3-5-15(21)6-4-13/h3-10,19,22,25H,1,23H2,2H3,(H3,24,26,27). The number of allylic oxidation sites excluding steroid dienone is 1. The van der Waals surface area contributed by atoms with Crippen molar-refractivity contribution in [3.05, 3.63) is 83.0 Å². The highest BCUT2D eigenvalue weighted by Gasteiger charge is 2.25. The van der Waals surface area contributed by atoms with Crippen molar-refractivity contribution in [2.24, 2.45) is 10.7 Å². The van der Waals surface area contributed by atoms with Gasteiger partial charge in [0.05, 0.1) is 0 Å². The van der Waals surface area contributed by atoms with Crippen molar-refractivity contribution in [2.75, 3.05) is 11.1 Å². The quantitative estimate of drug-likeness (QED) is 0.414. The van der Waals surface area contributed by atoms with Crippen molar-refractivity contribution >= 4 is 23.5 Å². The molecule has 1 atom stereocenters. The first-order valence-electron chi connectivity index (χ1n) is 8.32. The zero-order valence-electron chi connectivity index (χ0n) is 14.9. The molecule has 2 aromatic rings. The smallest absolute Gasteiger partial charge is 0.193 e. The van der Waals surface area contributed by atoms with Crippen LogP contribution in [0.25, 0.3) is 0 Å². The second kappa shape index (κ2) is 7.33. The normalized spacial score (nSPS) is 16.4. The summed E-state index contributed by atoms with van der Waals surface area (Å²) < 4.78 is 13.3. The van der Waals surface area contributed by atoms with Gasteiger partial charge < -0.3 is 27.5 Å². The van der Waals surface area contributed by atoms with Gasteiger partial charge in [0.25, 0.3) is 0 Å². The van der Waals surface area contributed by atoms with Crippen LogP contribution in [0.15, 0.2) is 71.0 Å². The fraction of sp³-hybridized carbons (Fsp3) is 0.100. The fourth-order valence-electron chi connectivity index (χ4n) is 3.00. The number of rotatable bonds is 5. The highest BCUT2D eigenvalue weighted by molar-refractivity contribution is 5.87. The van der Waals surface area contributed by atoms with Crippen LogP contribution < -0.4 is 22.1 Å². The molecule has 1 aliphatic rings. The van der Waals surface area contributed by atoms with E-state index in [0.29, 0.717) is 16.9 Å². The number of halogens is 1. The summed E-state index contributed by atoms with van der Waals surface area (Å²) in [6.45, 7) is 6.02. The van der Waals surface area contributed by atoms with Gasteiger partial charge in [0.2, 0.25) is 0 Å². The van der Waals surface area contributed by atoms with E-state index in [4.69, 9.17) is 16.9 Å². The third-order valence-corrected chi connectivity index (χ3v) is 4.31. The molecule has 3 rings (SSSR count). The average molecular weight is 364 g/mol. The van der Waals surface area contributed by atoms with Crippen LogP contribution in [0.2, 0.25) is 0 Å². The Bertz CT molecular complexity index is 959. The van der Waals surface area contributed by atoms with E-state index in [1.54, 1.807) is 24.3 Å². The molecule has 0 fully saturated rings. The molecule has 0 bridgehead atoms. The van der Waals surface area contributed by atoms with Gasteiger partial charge in [0.1, 0.15) is 11.9 Å². The molecule has 0 aliphatic carbocycles. The molecule has 0 aromatic heterocycles. The summed E-state index contributed by atoms with van der Waals surface area (Å²) in [6.07, 6.45) is 1.20. The van der Waals surface area contributed by atoms with Crippen molar-refractivity contribution in [2.45, 2.75) is 13.0 Å². The number of benzene rings is 2. The predicted molar refractivity (Wildman–Crippen MR) is 108 cm³/mol. The molecule has 0 amide bonds. The first kappa shape index (κ1) is 18.2. The lowest BCUT2D eigenvalue weighted by Crippen LogP contribution is -2.36. The number of guanidine groups is 1. The monoisotopic (exact) mass is 364 g/mol. The highest BCUT2D eigenvalue weighted by Crippen LogP contribution is 2.35. The molecule has 0 radical (unpaired) electrons. The van der Waals surface area contributed by atoms with Crippen LogP contribution >= 0.6 is 0 Å². The number of nitrogens with one attached hydrogen (secondary N) is 3. The van der Waals surface area contributed by atoms with Crippen LogP contribution in [0, 0.1) is 11.2 Å². The van der Waals surface area contributed by atoms with Crippen molar-refractivity contribution in [3.8, 4) is 0 Å². The number of anilines is 2. The average Bonchev–Trinajstić information content (AvgIpc) is 2.63. The van der Waals surface area contributed by atoms with Gasteiger partial charge in [-0.15, -0.1) is 0 Å². The number of hydrogen-bond donors (Lipinski definition) is 5. The summed E-state index contributed by atoms with van der Waals surface area (Å²) in [4.78, 5) is 4.47. The SMILES string of the molecule is C=C(Nc1ccc(N)c(C=N)c1)C1=C(C)NC(N)=NC1c1ccc(F)cc1. The number of nitrogen functional groups attached to an aromatic ring is 1. The van der Waals surface area contributed by atoms with Gasteiger partial charge in [-0.3, -0.25) is 0 Å². The fourth-order valence-corrected chi connectivity index (χ4v) is 3.00. The molecule has 1 aliphatic heterocycles. The third kappa shape index (κ3) is 3.82. The second-order valence-electron chi connectivity index (χ2n) is 6.22. The minimum Gasteiger partial charge on any atom is -0.398 e. The Kier molecular flexibility index (Phi) is 4.94. The maximum atomic E-state index is 13.3. The summed E-state index contributed by atoms with van der Waals surface area (Å²) in [5.74, 6) is -0.0261. The van der Waals surface area contributed by atoms with Gasteiger partial charge in [-0.1, -0.05) is 18.7 Å². The summed E-state index contributed by atoms with van der Waals surface area (Å²) >= 11 is 0. The molecular weight excluding hydrogens is 343 g/mol. The first-order chi connectivity index (χ1) is 12.9. The van der Waals surface area contributed by atoms with Gasteiger partial charge in [-0.25, -0.2) is 9.38 Å². The van der Waals surface area contributed by atoms with E-state index in [9.17, 15) is 4.39 Å². The van der Waals surface area contributed by atoms with Gasteiger partial charge >= 0.3 is 0 Å². The number of aliphatic imine (C=N–C) groups is 1. The van der Waals surface area contributed by atoms with Gasteiger partial charge in [0, 0.05) is 40.1 Å². The summed E-state index contributed by atoms with van der Waals surface area (Å²) in [5, 5.41) is 13.7. The molecule has 1 unspecified atom stereocenters. The molecule has 0 spiro atoms. The van der Waals surface area contributed by atoms with Crippen molar-refractivity contribution < 1.29 is 4.39 Å². The molecule has 2 aromatic carbocycles. The van der Waals surface area contributed by atoms with E-state index in [2.05, 4.69) is 22.2 Å². The summed E-state index contributed by atoms with van der Waals surface area (Å²) in [7, 11) is 0. The molecule has 6 nitrogen and oxygen atoms in total. The Morgan fingerprint density at radius 3 is 2.63 bits per heavy atom. The van der Waals surface area contributed by atoms with Crippen LogP contribution in [0.4, 0.5) is 15.8 Å². The van der Waals surface area contributed by atoms with E-state index in [0.717, 1.165) is 22.5 Å². The second-order valence-corrected chi connectivity index (χ2v) is 6.22. The lowest BCUT2D eigenvalue weighted by Gasteiger charge is -2.27. The highest BCUT2D eigenvalue weighted by atomic mass is 19.1. The lowest BCUT2D eigenvalue weighted by molar-refractivity contribution is 0.626. The number of hydrogen-bond acceptors (Lipinski definition) is 6. The molecule has 27 heavy (non-hydrogen) atoms. The molecule has 7 N–H and O–H groups in total. The van der Waals surface area contributed by atoms with Crippen molar-refractivity contribution in [3.63, 3.8) is 0 Å². The van der Waals surface area contributed by atoms with Gasteiger partial charge in [-0.05, 0) is 42.8 Å². The minimum absolute atomic E-state index is 0.289. The largest absolute Gasteiger partial charge is 0.398 e. The third-order valence-electron chi connectivity index (χ3n) is 4.31. The van der Waals surface area contributed by atoms with Gasteiger partial charge in [-0.2, -0.15) is 0 Å². The Morgan fingerprint density at radius 1 is 1.26 bits per heavy atom. The topological polar surface area (TPSA) is 112 Å². The predicted octanol–water partition coefficient (Wildman–Crippen LogP) is 3.26. The zero-order chi connectivity index (χ0) is 19.6.